The van der Waals surface area contributed by atoms with Crippen LogP contribution in [0.1, 0.15) is 35.7 Å². The van der Waals surface area contributed by atoms with Gasteiger partial charge in [0.15, 0.2) is 0 Å². The summed E-state index contributed by atoms with van der Waals surface area (Å²) in [4.78, 5) is 12.2. The van der Waals surface area contributed by atoms with Gasteiger partial charge in [-0.15, -0.1) is 0 Å². The lowest BCUT2D eigenvalue weighted by Gasteiger charge is -2.13. The van der Waals surface area contributed by atoms with Gasteiger partial charge in [-0.25, -0.2) is 4.39 Å². The summed E-state index contributed by atoms with van der Waals surface area (Å²) in [7, 11) is 1.60. The molecule has 1 fully saturated rings. The predicted octanol–water partition coefficient (Wildman–Crippen LogP) is 4.17. The molecule has 7 heteroatoms. The van der Waals surface area contributed by atoms with Gasteiger partial charge in [-0.3, -0.25) is 4.79 Å². The van der Waals surface area contributed by atoms with E-state index in [1.54, 1.807) is 25.3 Å². The fourth-order valence-corrected chi connectivity index (χ4v) is 3.21. The second kappa shape index (κ2) is 11.0. The molecule has 2 rings (SSSR count). The Morgan fingerprint density at radius 3 is 2.93 bits per heavy atom. The molecule has 0 spiro atoms. The summed E-state index contributed by atoms with van der Waals surface area (Å²) in [5.74, 6) is -0.178. The number of hydrogen-bond donors (Lipinski definition) is 2. The Kier molecular flexibility index (Phi) is 8.73. The van der Waals surface area contributed by atoms with Gasteiger partial charge in [0.1, 0.15) is 11.6 Å². The Labute approximate surface area is 173 Å². The van der Waals surface area contributed by atoms with Gasteiger partial charge in [0, 0.05) is 50.1 Å². The number of methoxy groups -OCH3 is 1. The molecule has 0 saturated carbocycles. The lowest BCUT2D eigenvalue weighted by atomic mass is 10.1. The first kappa shape index (κ1) is 22.2. The topological polar surface area (TPSA) is 59.6 Å². The quantitative estimate of drug-likeness (QED) is 0.552. The number of ether oxygens (including phenoxy) is 2. The number of hydrogen-bond acceptors (Lipinski definition) is 4. The van der Waals surface area contributed by atoms with Gasteiger partial charge in [-0.05, 0) is 35.3 Å². The largest absolute Gasteiger partial charge is 0.492 e. The molecule has 0 aromatic heterocycles. The smallest absolute Gasteiger partial charge is 0.254 e. The number of rotatable bonds is 9. The van der Waals surface area contributed by atoms with Crippen molar-refractivity contribution in [1.82, 2.24) is 10.6 Å². The van der Waals surface area contributed by atoms with Crippen LogP contribution in [-0.4, -0.2) is 32.8 Å². The molecule has 5 nitrogen and oxygen atoms in total. The van der Waals surface area contributed by atoms with E-state index in [1.165, 1.54) is 6.07 Å². The molecular weight excluding hydrogens is 427 g/mol. The van der Waals surface area contributed by atoms with Crippen LogP contribution in [0, 0.1) is 5.82 Å². The molecule has 1 aromatic rings. The highest BCUT2D eigenvalue weighted by molar-refractivity contribution is 9.11. The minimum atomic E-state index is -0.511. The van der Waals surface area contributed by atoms with Gasteiger partial charge in [0.2, 0.25) is 0 Å². The first-order chi connectivity index (χ1) is 13.5. The fourth-order valence-electron chi connectivity index (χ4n) is 2.86. The number of benzene rings is 1. The highest BCUT2D eigenvalue weighted by Crippen LogP contribution is 2.31. The molecule has 1 aliphatic heterocycles. The third kappa shape index (κ3) is 5.69. The summed E-state index contributed by atoms with van der Waals surface area (Å²) in [6.07, 6.45) is 3.13. The molecule has 0 bridgehead atoms. The summed E-state index contributed by atoms with van der Waals surface area (Å²) in [6, 6.07) is 4.84. The van der Waals surface area contributed by atoms with E-state index in [0.717, 1.165) is 27.9 Å². The number of carbonyl (C=O) groups is 1. The van der Waals surface area contributed by atoms with E-state index in [1.807, 2.05) is 6.92 Å². The minimum absolute atomic E-state index is 0.0428. The molecule has 28 heavy (non-hydrogen) atoms. The van der Waals surface area contributed by atoms with Crippen LogP contribution in [0.5, 0.6) is 0 Å². The predicted molar refractivity (Wildman–Crippen MR) is 111 cm³/mol. The van der Waals surface area contributed by atoms with Gasteiger partial charge in [0.05, 0.1) is 16.7 Å². The molecule has 1 saturated heterocycles. The highest BCUT2D eigenvalue weighted by Gasteiger charge is 2.21. The molecule has 1 amide bonds. The molecule has 0 unspecified atom stereocenters. The average Bonchev–Trinajstić information content (AvgIpc) is 3.19. The second-order valence-electron chi connectivity index (χ2n) is 6.32. The lowest BCUT2D eigenvalue weighted by molar-refractivity contribution is 0.0944. The number of nitrogens with one attached hydrogen (secondary N) is 2. The molecule has 0 atom stereocenters. The highest BCUT2D eigenvalue weighted by atomic mass is 79.9. The summed E-state index contributed by atoms with van der Waals surface area (Å²) >= 11 is 3.44. The lowest BCUT2D eigenvalue weighted by Crippen LogP contribution is -2.26. The van der Waals surface area contributed by atoms with E-state index in [9.17, 15) is 9.18 Å². The summed E-state index contributed by atoms with van der Waals surface area (Å²) in [5.41, 5.74) is 2.40. The monoisotopic (exact) mass is 452 g/mol. The molecule has 1 heterocycles. The van der Waals surface area contributed by atoms with Crippen LogP contribution >= 0.6 is 15.9 Å². The maximum absolute atomic E-state index is 14.8. The standard InChI is InChI=1S/C21H26BrFN2O3/c1-4-18(22)20-16(9-12-28-20)14(2)25-13-15-7-5-8-17(19(15)23)21(26)24-10-6-11-27-3/h4-5,7-8,25H,1,6,9-13H2,2-3H3,(H,24,26)/b16-14+,20-18-. The van der Waals surface area contributed by atoms with Crippen molar-refractivity contribution in [2.45, 2.75) is 26.3 Å². The third-order valence-electron chi connectivity index (χ3n) is 4.40. The van der Waals surface area contributed by atoms with Crippen LogP contribution in [-0.2, 0) is 16.0 Å². The van der Waals surface area contributed by atoms with Crippen molar-refractivity contribution in [3.05, 3.63) is 69.3 Å². The molecule has 1 aliphatic rings. The third-order valence-corrected chi connectivity index (χ3v) is 5.08. The van der Waals surface area contributed by atoms with Crippen LogP contribution in [0.3, 0.4) is 0 Å². The maximum atomic E-state index is 14.8. The molecular formula is C21H26BrFN2O3. The van der Waals surface area contributed by atoms with Crippen LogP contribution in [0.15, 0.2) is 52.4 Å². The van der Waals surface area contributed by atoms with Crippen molar-refractivity contribution in [1.29, 1.82) is 0 Å². The molecule has 152 valence electrons. The Bertz CT molecular complexity index is 790. The van der Waals surface area contributed by atoms with Crippen molar-refractivity contribution < 1.29 is 18.7 Å². The van der Waals surface area contributed by atoms with Crippen LogP contribution in [0.25, 0.3) is 0 Å². The van der Waals surface area contributed by atoms with E-state index in [0.29, 0.717) is 31.7 Å². The van der Waals surface area contributed by atoms with Gasteiger partial charge >= 0.3 is 0 Å². The molecule has 0 aliphatic carbocycles. The van der Waals surface area contributed by atoms with Gasteiger partial charge < -0.3 is 20.1 Å². The Morgan fingerprint density at radius 2 is 2.21 bits per heavy atom. The SMILES string of the molecule is C=C/C(Br)=C1/OCC/C1=C(/C)NCc1cccc(C(=O)NCCCOC)c1F. The zero-order valence-electron chi connectivity index (χ0n) is 16.2. The summed E-state index contributed by atoms with van der Waals surface area (Å²) in [5, 5.41) is 5.95. The number of amides is 1. The van der Waals surface area contributed by atoms with Gasteiger partial charge in [-0.2, -0.15) is 0 Å². The zero-order valence-corrected chi connectivity index (χ0v) is 17.8. The minimum Gasteiger partial charge on any atom is -0.492 e. The van der Waals surface area contributed by atoms with Gasteiger partial charge in [0.25, 0.3) is 5.91 Å². The van der Waals surface area contributed by atoms with E-state index in [-0.39, 0.29) is 12.1 Å². The maximum Gasteiger partial charge on any atom is 0.254 e. The van der Waals surface area contributed by atoms with Gasteiger partial charge in [-0.1, -0.05) is 24.8 Å². The number of allylic oxidation sites excluding steroid dienone is 4. The molecule has 1 aromatic carbocycles. The van der Waals surface area contributed by atoms with E-state index < -0.39 is 11.7 Å². The van der Waals surface area contributed by atoms with Crippen molar-refractivity contribution in [2.75, 3.05) is 26.9 Å². The zero-order chi connectivity index (χ0) is 20.5. The molecule has 2 N–H and O–H groups in total. The fraction of sp³-hybridized carbons (Fsp3) is 0.381. The molecule has 0 radical (unpaired) electrons. The number of halogens is 2. The summed E-state index contributed by atoms with van der Waals surface area (Å²) in [6.45, 7) is 7.52. The van der Waals surface area contributed by atoms with Crippen molar-refractivity contribution in [3.63, 3.8) is 0 Å². The van der Waals surface area contributed by atoms with E-state index in [4.69, 9.17) is 9.47 Å². The first-order valence-electron chi connectivity index (χ1n) is 9.13. The van der Waals surface area contributed by atoms with Crippen molar-refractivity contribution >= 4 is 21.8 Å². The van der Waals surface area contributed by atoms with Crippen molar-refractivity contribution in [2.24, 2.45) is 0 Å². The first-order valence-corrected chi connectivity index (χ1v) is 9.92. The Hall–Kier alpha value is -2.12. The Morgan fingerprint density at radius 1 is 1.43 bits per heavy atom. The van der Waals surface area contributed by atoms with Crippen LogP contribution in [0.2, 0.25) is 0 Å². The average molecular weight is 453 g/mol. The van der Waals surface area contributed by atoms with Crippen molar-refractivity contribution in [3.8, 4) is 0 Å². The normalized spacial score (nSPS) is 17.0. The van der Waals surface area contributed by atoms with Crippen LogP contribution < -0.4 is 10.6 Å². The number of carbonyl (C=O) groups excluding carboxylic acids is 1. The summed E-state index contributed by atoms with van der Waals surface area (Å²) < 4.78 is 26.2. The van der Waals surface area contributed by atoms with Crippen LogP contribution in [0.4, 0.5) is 4.39 Å². The Balaban J connectivity index is 2.08. The van der Waals surface area contributed by atoms with E-state index in [2.05, 4.69) is 33.1 Å². The van der Waals surface area contributed by atoms with E-state index >= 15 is 0 Å². The second-order valence-corrected chi connectivity index (χ2v) is 7.17.